The number of benzene rings is 2. The van der Waals surface area contributed by atoms with Gasteiger partial charge in [0.05, 0.1) is 20.6 Å². The van der Waals surface area contributed by atoms with Crippen molar-refractivity contribution in [2.24, 2.45) is 0 Å². The third kappa shape index (κ3) is 2.41. The zero-order valence-corrected chi connectivity index (χ0v) is 11.6. The van der Waals surface area contributed by atoms with Crippen molar-refractivity contribution in [2.45, 2.75) is 15.9 Å². The zero-order chi connectivity index (χ0) is 15.9. The predicted molar refractivity (Wildman–Crippen MR) is 68.2 cm³/mol. The summed E-state index contributed by atoms with van der Waals surface area (Å²) in [5.41, 5.74) is 0. The molecule has 1 aliphatic rings. The molecule has 0 spiro atoms. The Morgan fingerprint density at radius 1 is 1.14 bits per heavy atom. The molecule has 0 saturated heterocycles. The Labute approximate surface area is 125 Å². The highest BCUT2D eigenvalue weighted by atomic mass is 32.2. The number of hydrogen-bond acceptors (Lipinski definition) is 5. The first kappa shape index (κ1) is 14.5. The largest absolute Gasteiger partial charge is 0.541 e. The van der Waals surface area contributed by atoms with Crippen LogP contribution >= 0.6 is 0 Å². The lowest BCUT2D eigenvalue weighted by atomic mass is 10.3. The minimum Gasteiger partial charge on any atom is -0.541 e. The Hall–Kier alpha value is -2.48. The van der Waals surface area contributed by atoms with Crippen molar-refractivity contribution in [1.82, 2.24) is 0 Å². The first-order chi connectivity index (χ1) is 10.4. The van der Waals surface area contributed by atoms with Gasteiger partial charge in [-0.3, -0.25) is 0 Å². The number of carbonyl (C=O) groups is 1. The van der Waals surface area contributed by atoms with Gasteiger partial charge in [-0.15, -0.1) is 0 Å². The highest BCUT2D eigenvalue weighted by Gasteiger charge is 2.34. The van der Waals surface area contributed by atoms with Gasteiger partial charge in [-0.25, -0.2) is 4.21 Å². The third-order valence-corrected chi connectivity index (χ3v) is 4.34. The van der Waals surface area contributed by atoms with Crippen LogP contribution in [0.25, 0.3) is 0 Å². The second-order valence-corrected chi connectivity index (χ2v) is 5.75. The van der Waals surface area contributed by atoms with Gasteiger partial charge in [0.25, 0.3) is 0 Å². The van der Waals surface area contributed by atoms with E-state index >= 15 is 0 Å². The SMILES string of the molecule is O=C([O-])C(F)(F)Oc1ccc2c(c1)Oc1ccccc1S2=O. The van der Waals surface area contributed by atoms with Crippen LogP contribution < -0.4 is 14.6 Å². The van der Waals surface area contributed by atoms with Gasteiger partial charge in [0.15, 0.2) is 5.97 Å². The Morgan fingerprint density at radius 3 is 2.55 bits per heavy atom. The maximum Gasteiger partial charge on any atom is 0.441 e. The van der Waals surface area contributed by atoms with Gasteiger partial charge in [0.2, 0.25) is 0 Å². The monoisotopic (exact) mass is 325 g/mol. The molecule has 0 bridgehead atoms. The quantitative estimate of drug-likeness (QED) is 0.732. The summed E-state index contributed by atoms with van der Waals surface area (Å²) in [5, 5.41) is 10.3. The molecule has 2 aromatic carbocycles. The van der Waals surface area contributed by atoms with Crippen LogP contribution in [0.4, 0.5) is 8.78 Å². The Bertz CT molecular complexity index is 791. The molecule has 1 unspecified atom stereocenters. The first-order valence-electron chi connectivity index (χ1n) is 5.99. The molecule has 0 fully saturated rings. The lowest BCUT2D eigenvalue weighted by Gasteiger charge is -2.22. The molecule has 8 heteroatoms. The maximum atomic E-state index is 13.0. The average Bonchev–Trinajstić information content (AvgIpc) is 2.46. The van der Waals surface area contributed by atoms with Crippen LogP contribution in [0, 0.1) is 0 Å². The van der Waals surface area contributed by atoms with Crippen LogP contribution in [0.2, 0.25) is 0 Å². The van der Waals surface area contributed by atoms with E-state index in [0.29, 0.717) is 10.6 Å². The molecule has 0 radical (unpaired) electrons. The minimum atomic E-state index is -4.47. The van der Waals surface area contributed by atoms with Gasteiger partial charge in [0, 0.05) is 6.07 Å². The standard InChI is InChI=1S/C14H8F2O5S/c15-14(16,13(17)18)21-8-5-6-12-10(7-8)20-9-3-1-2-4-11(9)22(12)19/h1-7H,(H,17,18)/p-1. The van der Waals surface area contributed by atoms with Crippen LogP contribution in [0.15, 0.2) is 52.3 Å². The molecule has 22 heavy (non-hydrogen) atoms. The minimum absolute atomic E-state index is 0.0590. The van der Waals surface area contributed by atoms with Crippen molar-refractivity contribution in [2.75, 3.05) is 0 Å². The van der Waals surface area contributed by atoms with Crippen molar-refractivity contribution in [3.05, 3.63) is 42.5 Å². The topological polar surface area (TPSA) is 75.7 Å². The van der Waals surface area contributed by atoms with Gasteiger partial charge in [-0.05, 0) is 24.3 Å². The van der Waals surface area contributed by atoms with Gasteiger partial charge >= 0.3 is 6.11 Å². The van der Waals surface area contributed by atoms with E-state index < -0.39 is 28.6 Å². The fraction of sp³-hybridized carbons (Fsp3) is 0.0714. The van der Waals surface area contributed by atoms with Crippen molar-refractivity contribution < 1.29 is 32.4 Å². The number of rotatable bonds is 3. The predicted octanol–water partition coefficient (Wildman–Crippen LogP) is 1.68. The smallest absolute Gasteiger partial charge is 0.441 e. The number of para-hydroxylation sites is 1. The fourth-order valence-electron chi connectivity index (χ4n) is 1.90. The number of hydrogen-bond donors (Lipinski definition) is 0. The number of ether oxygens (including phenoxy) is 2. The van der Waals surface area contributed by atoms with E-state index in [9.17, 15) is 22.9 Å². The second kappa shape index (κ2) is 5.06. The third-order valence-electron chi connectivity index (χ3n) is 2.87. The van der Waals surface area contributed by atoms with E-state index in [2.05, 4.69) is 4.74 Å². The van der Waals surface area contributed by atoms with Gasteiger partial charge < -0.3 is 19.4 Å². The first-order valence-corrected chi connectivity index (χ1v) is 7.14. The van der Waals surface area contributed by atoms with E-state index in [-0.39, 0.29) is 10.6 Å². The van der Waals surface area contributed by atoms with Crippen molar-refractivity contribution in [1.29, 1.82) is 0 Å². The van der Waals surface area contributed by atoms with E-state index in [1.807, 2.05) is 0 Å². The number of carboxylic acids is 1. The summed E-state index contributed by atoms with van der Waals surface area (Å²) in [6, 6.07) is 10.0. The zero-order valence-electron chi connectivity index (χ0n) is 10.7. The molecule has 0 N–H and O–H groups in total. The van der Waals surface area contributed by atoms with Crippen LogP contribution in [0.5, 0.6) is 17.2 Å². The van der Waals surface area contributed by atoms with Crippen molar-refractivity contribution in [3.8, 4) is 17.2 Å². The lowest BCUT2D eigenvalue weighted by molar-refractivity contribution is -0.350. The number of carboxylic acid groups (broad SMARTS) is 1. The number of halogens is 2. The summed E-state index contributed by atoms with van der Waals surface area (Å²) in [4.78, 5) is 11.0. The van der Waals surface area contributed by atoms with Crippen molar-refractivity contribution >= 4 is 16.8 Å². The number of fused-ring (bicyclic) bond motifs is 2. The van der Waals surface area contributed by atoms with Crippen LogP contribution in [0.1, 0.15) is 0 Å². The fourth-order valence-corrected chi connectivity index (χ4v) is 3.11. The van der Waals surface area contributed by atoms with Gasteiger partial charge in [-0.2, -0.15) is 8.78 Å². The molecule has 114 valence electrons. The lowest BCUT2D eigenvalue weighted by Crippen LogP contribution is -2.45. The molecule has 0 saturated carbocycles. The molecule has 1 heterocycles. The molecule has 0 aliphatic carbocycles. The molecule has 0 aromatic heterocycles. The molecule has 2 aromatic rings. The molecule has 0 amide bonds. The summed E-state index contributed by atoms with van der Waals surface area (Å²) in [6.07, 6.45) is -4.47. The summed E-state index contributed by atoms with van der Waals surface area (Å²) < 4.78 is 47.9. The summed E-state index contributed by atoms with van der Waals surface area (Å²) in [7, 11) is -1.53. The molecule has 1 atom stereocenters. The van der Waals surface area contributed by atoms with Crippen LogP contribution in [0.3, 0.4) is 0 Å². The van der Waals surface area contributed by atoms with Gasteiger partial charge in [0.1, 0.15) is 17.2 Å². The summed E-state index contributed by atoms with van der Waals surface area (Å²) in [6.45, 7) is 0. The maximum absolute atomic E-state index is 13.0. The Balaban J connectivity index is 1.97. The summed E-state index contributed by atoms with van der Waals surface area (Å²) in [5.74, 6) is -2.70. The van der Waals surface area contributed by atoms with Crippen LogP contribution in [-0.2, 0) is 15.6 Å². The Kier molecular flexibility index (Phi) is 3.32. The highest BCUT2D eigenvalue weighted by molar-refractivity contribution is 7.85. The number of alkyl halides is 2. The van der Waals surface area contributed by atoms with Crippen LogP contribution in [-0.4, -0.2) is 16.3 Å². The highest BCUT2D eigenvalue weighted by Crippen LogP contribution is 2.42. The number of carbonyl (C=O) groups excluding carboxylic acids is 1. The molecule has 5 nitrogen and oxygen atoms in total. The molecule has 3 rings (SSSR count). The Morgan fingerprint density at radius 2 is 1.82 bits per heavy atom. The number of aliphatic carboxylic acids is 1. The molecule has 1 aliphatic heterocycles. The molecular formula is C14H7F2O5S-. The average molecular weight is 325 g/mol. The second-order valence-electron chi connectivity index (χ2n) is 4.33. The van der Waals surface area contributed by atoms with E-state index in [1.165, 1.54) is 6.07 Å². The normalized spacial score (nSPS) is 16.2. The molecular weight excluding hydrogens is 318 g/mol. The van der Waals surface area contributed by atoms with E-state index in [1.54, 1.807) is 24.3 Å². The summed E-state index contributed by atoms with van der Waals surface area (Å²) >= 11 is 0. The van der Waals surface area contributed by atoms with Gasteiger partial charge in [-0.1, -0.05) is 12.1 Å². The van der Waals surface area contributed by atoms with Crippen molar-refractivity contribution in [3.63, 3.8) is 0 Å². The van der Waals surface area contributed by atoms with E-state index in [0.717, 1.165) is 12.1 Å². The van der Waals surface area contributed by atoms with E-state index in [4.69, 9.17) is 4.74 Å².